The maximum absolute atomic E-state index is 12.2. The van der Waals surface area contributed by atoms with Gasteiger partial charge in [-0.1, -0.05) is 23.2 Å². The Morgan fingerprint density at radius 1 is 1.09 bits per heavy atom. The molecule has 2 rings (SSSR count). The highest BCUT2D eigenvalue weighted by atomic mass is 35.5. The van der Waals surface area contributed by atoms with Gasteiger partial charge in [-0.15, -0.1) is 11.3 Å². The zero-order chi connectivity index (χ0) is 16.3. The molecule has 1 heterocycles. The van der Waals surface area contributed by atoms with Crippen molar-refractivity contribution in [1.82, 2.24) is 10.4 Å². The van der Waals surface area contributed by atoms with Gasteiger partial charge in [0.2, 0.25) is 0 Å². The fraction of sp³-hybridized carbons (Fsp3) is 0.143. The first kappa shape index (κ1) is 16.8. The molecule has 0 saturated heterocycles. The lowest BCUT2D eigenvalue weighted by atomic mass is 10.2. The lowest BCUT2D eigenvalue weighted by Crippen LogP contribution is -2.36. The Morgan fingerprint density at radius 3 is 2.32 bits per heavy atom. The van der Waals surface area contributed by atoms with Crippen molar-refractivity contribution in [2.24, 2.45) is 0 Å². The van der Waals surface area contributed by atoms with Crippen LogP contribution in [0.15, 0.2) is 29.6 Å². The van der Waals surface area contributed by atoms with Crippen molar-refractivity contribution < 1.29 is 9.59 Å². The summed E-state index contributed by atoms with van der Waals surface area (Å²) in [5.74, 6) is -0.684. The number of halogens is 2. The molecule has 0 aliphatic rings. The molecule has 22 heavy (non-hydrogen) atoms. The van der Waals surface area contributed by atoms with Crippen LogP contribution in [0.25, 0.3) is 0 Å². The molecule has 0 saturated carbocycles. The van der Waals surface area contributed by atoms with Gasteiger partial charge in [0.1, 0.15) is 5.00 Å². The Kier molecular flexibility index (Phi) is 5.42. The number of carbonyl (C=O) groups excluding carboxylic acids is 2. The van der Waals surface area contributed by atoms with Crippen LogP contribution in [-0.2, 0) is 0 Å². The molecule has 116 valence electrons. The van der Waals surface area contributed by atoms with E-state index in [-0.39, 0.29) is 11.8 Å². The molecule has 0 radical (unpaired) electrons. The summed E-state index contributed by atoms with van der Waals surface area (Å²) in [6, 6.07) is 6.21. The smallest absolute Gasteiger partial charge is 0.268 e. The van der Waals surface area contributed by atoms with E-state index in [4.69, 9.17) is 23.2 Å². The minimum atomic E-state index is -0.384. The average molecular weight is 358 g/mol. The number of nitrogens with one attached hydrogen (secondary N) is 2. The highest BCUT2D eigenvalue weighted by Gasteiger charge is 2.16. The number of rotatable bonds is 4. The molecule has 8 heteroatoms. The predicted octanol–water partition coefficient (Wildman–Crippen LogP) is 3.51. The first-order valence-electron chi connectivity index (χ1n) is 6.20. The lowest BCUT2D eigenvalue weighted by molar-refractivity contribution is 0.0858. The van der Waals surface area contributed by atoms with Crippen molar-refractivity contribution in [3.05, 3.63) is 50.8 Å². The van der Waals surface area contributed by atoms with Crippen LogP contribution >= 0.6 is 34.5 Å². The number of hydrogen-bond donors (Lipinski definition) is 2. The monoisotopic (exact) mass is 357 g/mol. The van der Waals surface area contributed by atoms with E-state index in [1.165, 1.54) is 28.5 Å². The molecule has 5 nitrogen and oxygen atoms in total. The van der Waals surface area contributed by atoms with E-state index in [1.807, 2.05) is 0 Å². The van der Waals surface area contributed by atoms with Crippen molar-refractivity contribution in [3.63, 3.8) is 0 Å². The van der Waals surface area contributed by atoms with Crippen LogP contribution in [0.3, 0.4) is 0 Å². The third-order valence-corrected chi connectivity index (χ3v) is 3.85. The highest BCUT2D eigenvalue weighted by molar-refractivity contribution is 7.14. The summed E-state index contributed by atoms with van der Waals surface area (Å²) in [6.07, 6.45) is 0. The van der Waals surface area contributed by atoms with Gasteiger partial charge >= 0.3 is 0 Å². The third-order valence-electron chi connectivity index (χ3n) is 2.59. The molecule has 2 aromatic rings. The predicted molar refractivity (Wildman–Crippen MR) is 89.9 cm³/mol. The molecule has 0 spiro atoms. The average Bonchev–Trinajstić information content (AvgIpc) is 2.84. The van der Waals surface area contributed by atoms with Crippen molar-refractivity contribution >= 4 is 51.4 Å². The summed E-state index contributed by atoms with van der Waals surface area (Å²) in [5, 5.41) is 7.15. The Labute approximate surface area is 141 Å². The molecule has 0 bridgehead atoms. The van der Waals surface area contributed by atoms with Gasteiger partial charge in [-0.25, -0.2) is 5.01 Å². The summed E-state index contributed by atoms with van der Waals surface area (Å²) in [4.78, 5) is 24.3. The summed E-state index contributed by atoms with van der Waals surface area (Å²) >= 11 is 13.0. The molecule has 0 unspecified atom stereocenters. The van der Waals surface area contributed by atoms with Crippen LogP contribution in [0.2, 0.25) is 10.0 Å². The first-order chi connectivity index (χ1) is 10.4. The van der Waals surface area contributed by atoms with Gasteiger partial charge in [0.15, 0.2) is 0 Å². The van der Waals surface area contributed by atoms with Crippen LogP contribution in [0.1, 0.15) is 20.7 Å². The number of benzene rings is 1. The summed E-state index contributed by atoms with van der Waals surface area (Å²) in [7, 11) is 3.41. The molecular weight excluding hydrogens is 345 g/mol. The van der Waals surface area contributed by atoms with Crippen LogP contribution in [0, 0.1) is 0 Å². The van der Waals surface area contributed by atoms with E-state index in [0.717, 1.165) is 0 Å². The number of hydrazine groups is 1. The zero-order valence-corrected chi connectivity index (χ0v) is 14.1. The largest absolute Gasteiger partial charge is 0.313 e. The lowest BCUT2D eigenvalue weighted by Gasteiger charge is -2.12. The van der Waals surface area contributed by atoms with E-state index in [1.54, 1.807) is 31.6 Å². The SMILES string of the molecule is CN(C)NC(=O)c1ccsc1NC(=O)c1cc(Cl)cc(Cl)c1. The molecule has 0 aliphatic heterocycles. The second kappa shape index (κ2) is 7.11. The van der Waals surface area contributed by atoms with E-state index in [9.17, 15) is 9.59 Å². The highest BCUT2D eigenvalue weighted by Crippen LogP contribution is 2.25. The maximum atomic E-state index is 12.2. The normalized spacial score (nSPS) is 10.6. The van der Waals surface area contributed by atoms with Gasteiger partial charge in [0.25, 0.3) is 11.8 Å². The van der Waals surface area contributed by atoms with Gasteiger partial charge in [0.05, 0.1) is 5.56 Å². The van der Waals surface area contributed by atoms with Crippen molar-refractivity contribution in [2.75, 3.05) is 19.4 Å². The van der Waals surface area contributed by atoms with E-state index < -0.39 is 0 Å². The van der Waals surface area contributed by atoms with E-state index in [0.29, 0.717) is 26.2 Å². The second-order valence-corrected chi connectivity index (χ2v) is 6.40. The number of thiophene rings is 1. The molecule has 0 aliphatic carbocycles. The maximum Gasteiger partial charge on any atom is 0.268 e. The third kappa shape index (κ3) is 4.20. The number of hydrogen-bond acceptors (Lipinski definition) is 4. The minimum Gasteiger partial charge on any atom is -0.313 e. The molecule has 0 fully saturated rings. The van der Waals surface area contributed by atoms with Crippen molar-refractivity contribution in [2.45, 2.75) is 0 Å². The van der Waals surface area contributed by atoms with Gasteiger partial charge in [0, 0.05) is 29.7 Å². The number of nitrogens with zero attached hydrogens (tertiary/aromatic N) is 1. The van der Waals surface area contributed by atoms with Crippen LogP contribution in [-0.4, -0.2) is 30.9 Å². The van der Waals surface area contributed by atoms with Gasteiger partial charge in [-0.2, -0.15) is 0 Å². The van der Waals surface area contributed by atoms with Crippen molar-refractivity contribution in [3.8, 4) is 0 Å². The fourth-order valence-corrected chi connectivity index (χ4v) is 3.01. The Morgan fingerprint density at radius 2 is 1.73 bits per heavy atom. The number of carbonyl (C=O) groups is 2. The molecule has 0 atom stereocenters. The van der Waals surface area contributed by atoms with Crippen molar-refractivity contribution in [1.29, 1.82) is 0 Å². The van der Waals surface area contributed by atoms with Gasteiger partial charge in [-0.05, 0) is 29.6 Å². The molecule has 1 aromatic carbocycles. The fourth-order valence-electron chi connectivity index (χ4n) is 1.71. The van der Waals surface area contributed by atoms with E-state index >= 15 is 0 Å². The summed E-state index contributed by atoms with van der Waals surface area (Å²) in [5.41, 5.74) is 3.34. The standard InChI is InChI=1S/C14H13Cl2N3O2S/c1-19(2)18-13(21)11-3-4-22-14(11)17-12(20)8-5-9(15)7-10(16)6-8/h3-7H,1-2H3,(H,17,20)(H,18,21). The second-order valence-electron chi connectivity index (χ2n) is 4.61. The molecule has 1 aromatic heterocycles. The minimum absolute atomic E-state index is 0.300. The Balaban J connectivity index is 2.19. The Hall–Kier alpha value is -1.60. The van der Waals surface area contributed by atoms with Crippen LogP contribution in [0.4, 0.5) is 5.00 Å². The quantitative estimate of drug-likeness (QED) is 0.823. The van der Waals surface area contributed by atoms with Gasteiger partial charge < -0.3 is 5.32 Å². The first-order valence-corrected chi connectivity index (χ1v) is 7.83. The Bertz CT molecular complexity index is 696. The summed E-state index contributed by atoms with van der Waals surface area (Å²) in [6.45, 7) is 0. The topological polar surface area (TPSA) is 61.4 Å². The van der Waals surface area contributed by atoms with Gasteiger partial charge in [-0.3, -0.25) is 15.0 Å². The van der Waals surface area contributed by atoms with Crippen LogP contribution < -0.4 is 10.7 Å². The van der Waals surface area contributed by atoms with Crippen LogP contribution in [0.5, 0.6) is 0 Å². The zero-order valence-electron chi connectivity index (χ0n) is 11.8. The molecule has 2 amide bonds. The number of anilines is 1. The molecule has 2 N–H and O–H groups in total. The number of amides is 2. The van der Waals surface area contributed by atoms with E-state index in [2.05, 4.69) is 10.7 Å². The molecular formula is C14H13Cl2N3O2S. The summed E-state index contributed by atoms with van der Waals surface area (Å²) < 4.78 is 0.